The summed E-state index contributed by atoms with van der Waals surface area (Å²) < 4.78 is 0. The van der Waals surface area contributed by atoms with Crippen molar-refractivity contribution < 1.29 is 4.79 Å². The molecule has 0 bridgehead atoms. The maximum Gasteiger partial charge on any atom is 0.253 e. The molecule has 0 radical (unpaired) electrons. The monoisotopic (exact) mass is 284 g/mol. The van der Waals surface area contributed by atoms with Gasteiger partial charge in [-0.05, 0) is 31.8 Å². The molecule has 2 aromatic rings. The third-order valence-electron chi connectivity index (χ3n) is 4.03. The average Bonchev–Trinajstić information content (AvgIpc) is 2.48. The second-order valence-electron chi connectivity index (χ2n) is 5.68. The molecular weight excluding hydrogens is 264 g/mol. The Labute approximate surface area is 124 Å². The molecule has 21 heavy (non-hydrogen) atoms. The number of likely N-dealkylation sites (N-methyl/N-ethyl adjacent to an activating group) is 1. The van der Waals surface area contributed by atoms with Crippen LogP contribution in [0.25, 0.3) is 10.8 Å². The number of pyridine rings is 1. The zero-order valence-electron chi connectivity index (χ0n) is 12.2. The maximum absolute atomic E-state index is 12.5. The highest BCUT2D eigenvalue weighted by Gasteiger charge is 2.21. The molecule has 0 saturated carbocycles. The second kappa shape index (κ2) is 5.69. The molecule has 0 spiro atoms. The molecule has 2 heterocycles. The molecule has 1 aromatic carbocycles. The number of likely N-dealkylation sites (tertiary alicyclic amines) is 1. The molecule has 1 aliphatic rings. The van der Waals surface area contributed by atoms with Crippen molar-refractivity contribution in [2.75, 3.05) is 25.9 Å². The predicted molar refractivity (Wildman–Crippen MR) is 84.1 cm³/mol. The van der Waals surface area contributed by atoms with Crippen LogP contribution < -0.4 is 11.1 Å². The number of benzene rings is 1. The Morgan fingerprint density at radius 1 is 1.38 bits per heavy atom. The third-order valence-corrected chi connectivity index (χ3v) is 4.03. The number of nitrogen functional groups attached to an aromatic ring is 1. The number of carbonyl (C=O) groups is 1. The number of amides is 1. The van der Waals surface area contributed by atoms with Crippen LogP contribution in [0.2, 0.25) is 0 Å². The average molecular weight is 284 g/mol. The van der Waals surface area contributed by atoms with Crippen molar-refractivity contribution in [2.24, 2.45) is 0 Å². The minimum absolute atomic E-state index is 0.0704. The van der Waals surface area contributed by atoms with Gasteiger partial charge in [-0.25, -0.2) is 4.98 Å². The van der Waals surface area contributed by atoms with E-state index < -0.39 is 0 Å². The van der Waals surface area contributed by atoms with Gasteiger partial charge in [0.1, 0.15) is 5.82 Å². The number of rotatable bonds is 2. The zero-order chi connectivity index (χ0) is 14.8. The van der Waals surface area contributed by atoms with Crippen LogP contribution in [0.4, 0.5) is 5.82 Å². The van der Waals surface area contributed by atoms with E-state index in [1.54, 1.807) is 6.20 Å². The van der Waals surface area contributed by atoms with Crippen LogP contribution in [-0.2, 0) is 0 Å². The first-order valence-electron chi connectivity index (χ1n) is 7.28. The minimum Gasteiger partial charge on any atom is -0.383 e. The van der Waals surface area contributed by atoms with E-state index in [1.807, 2.05) is 24.3 Å². The van der Waals surface area contributed by atoms with Crippen molar-refractivity contribution >= 4 is 22.5 Å². The number of anilines is 1. The molecule has 3 rings (SSSR count). The Kier molecular flexibility index (Phi) is 3.75. The predicted octanol–water partition coefficient (Wildman–Crippen LogP) is 1.64. The largest absolute Gasteiger partial charge is 0.383 e. The van der Waals surface area contributed by atoms with Crippen LogP contribution in [0, 0.1) is 0 Å². The Morgan fingerprint density at radius 3 is 2.90 bits per heavy atom. The van der Waals surface area contributed by atoms with Gasteiger partial charge >= 0.3 is 0 Å². The summed E-state index contributed by atoms with van der Waals surface area (Å²) in [6.45, 7) is 1.99. The quantitative estimate of drug-likeness (QED) is 0.879. The normalized spacial score (nSPS) is 19.6. The van der Waals surface area contributed by atoms with Crippen LogP contribution in [0.1, 0.15) is 23.2 Å². The molecule has 110 valence electrons. The van der Waals surface area contributed by atoms with Gasteiger partial charge in [-0.1, -0.05) is 24.3 Å². The SMILES string of the molecule is CN1CCCC(NC(=O)c2cnc(N)c3ccccc23)C1. The Hall–Kier alpha value is -2.14. The number of nitrogens with zero attached hydrogens (tertiary/aromatic N) is 2. The highest BCUT2D eigenvalue weighted by molar-refractivity contribution is 6.09. The van der Waals surface area contributed by atoms with Gasteiger partial charge in [0.05, 0.1) is 5.56 Å². The summed E-state index contributed by atoms with van der Waals surface area (Å²) in [4.78, 5) is 18.9. The lowest BCUT2D eigenvalue weighted by Crippen LogP contribution is -2.46. The zero-order valence-corrected chi connectivity index (χ0v) is 12.2. The van der Waals surface area contributed by atoms with E-state index in [4.69, 9.17) is 5.73 Å². The van der Waals surface area contributed by atoms with E-state index in [0.717, 1.165) is 36.7 Å². The van der Waals surface area contributed by atoms with Gasteiger partial charge in [0.15, 0.2) is 0 Å². The topological polar surface area (TPSA) is 71.2 Å². The number of fused-ring (bicyclic) bond motifs is 1. The van der Waals surface area contributed by atoms with Gasteiger partial charge in [-0.2, -0.15) is 0 Å². The summed E-state index contributed by atoms with van der Waals surface area (Å²) in [5.74, 6) is 0.388. The second-order valence-corrected chi connectivity index (χ2v) is 5.68. The van der Waals surface area contributed by atoms with E-state index in [0.29, 0.717) is 11.4 Å². The van der Waals surface area contributed by atoms with Crippen molar-refractivity contribution in [1.29, 1.82) is 0 Å². The Balaban J connectivity index is 1.86. The molecule has 5 nitrogen and oxygen atoms in total. The fourth-order valence-electron chi connectivity index (χ4n) is 2.94. The lowest BCUT2D eigenvalue weighted by molar-refractivity contribution is 0.0914. The molecule has 5 heteroatoms. The van der Waals surface area contributed by atoms with E-state index in [9.17, 15) is 4.79 Å². The number of hydrogen-bond acceptors (Lipinski definition) is 4. The molecule has 1 aromatic heterocycles. The van der Waals surface area contributed by atoms with E-state index in [1.165, 1.54) is 0 Å². The van der Waals surface area contributed by atoms with E-state index in [2.05, 4.69) is 22.2 Å². The van der Waals surface area contributed by atoms with E-state index >= 15 is 0 Å². The van der Waals surface area contributed by atoms with Gasteiger partial charge in [0, 0.05) is 24.2 Å². The lowest BCUT2D eigenvalue weighted by Gasteiger charge is -2.30. The number of nitrogens with one attached hydrogen (secondary N) is 1. The third kappa shape index (κ3) is 2.83. The van der Waals surface area contributed by atoms with Gasteiger partial charge in [-0.15, -0.1) is 0 Å². The first kappa shape index (κ1) is 13.8. The van der Waals surface area contributed by atoms with Crippen molar-refractivity contribution in [3.8, 4) is 0 Å². The summed E-state index contributed by atoms with van der Waals surface area (Å²) in [6, 6.07) is 7.82. The molecule has 1 saturated heterocycles. The summed E-state index contributed by atoms with van der Waals surface area (Å²) in [5, 5.41) is 4.79. The van der Waals surface area contributed by atoms with E-state index in [-0.39, 0.29) is 11.9 Å². The summed E-state index contributed by atoms with van der Waals surface area (Å²) in [5.41, 5.74) is 6.47. The van der Waals surface area contributed by atoms with Crippen molar-refractivity contribution in [1.82, 2.24) is 15.2 Å². The van der Waals surface area contributed by atoms with Crippen LogP contribution in [0.3, 0.4) is 0 Å². The first-order valence-corrected chi connectivity index (χ1v) is 7.28. The highest BCUT2D eigenvalue weighted by Crippen LogP contribution is 2.22. The van der Waals surface area contributed by atoms with Crippen molar-refractivity contribution in [2.45, 2.75) is 18.9 Å². The summed E-state index contributed by atoms with van der Waals surface area (Å²) in [7, 11) is 2.08. The molecule has 1 fully saturated rings. The minimum atomic E-state index is -0.0704. The van der Waals surface area contributed by atoms with Gasteiger partial charge in [0.25, 0.3) is 5.91 Å². The summed E-state index contributed by atoms with van der Waals surface area (Å²) in [6.07, 6.45) is 3.71. The lowest BCUT2D eigenvalue weighted by atomic mass is 10.0. The van der Waals surface area contributed by atoms with Gasteiger partial charge < -0.3 is 16.0 Å². The first-order chi connectivity index (χ1) is 10.1. The molecule has 3 N–H and O–H groups in total. The van der Waals surface area contributed by atoms with Crippen LogP contribution in [-0.4, -0.2) is 42.0 Å². The van der Waals surface area contributed by atoms with Crippen LogP contribution >= 0.6 is 0 Å². The Bertz CT molecular complexity index is 670. The maximum atomic E-state index is 12.5. The van der Waals surface area contributed by atoms with Crippen molar-refractivity contribution in [3.63, 3.8) is 0 Å². The summed E-state index contributed by atoms with van der Waals surface area (Å²) >= 11 is 0. The fraction of sp³-hybridized carbons (Fsp3) is 0.375. The molecule has 1 aliphatic heterocycles. The standard InChI is InChI=1S/C16H20N4O/c1-20-8-4-5-11(10-20)19-16(21)14-9-18-15(17)13-7-3-2-6-12(13)14/h2-3,6-7,9,11H,4-5,8,10H2,1H3,(H2,17,18)(H,19,21). The number of carbonyl (C=O) groups excluding carboxylic acids is 1. The molecule has 1 unspecified atom stereocenters. The number of nitrogens with two attached hydrogens (primary N) is 1. The fourth-order valence-corrected chi connectivity index (χ4v) is 2.94. The van der Waals surface area contributed by atoms with Gasteiger partial charge in [-0.3, -0.25) is 4.79 Å². The highest BCUT2D eigenvalue weighted by atomic mass is 16.1. The molecular formula is C16H20N4O. The van der Waals surface area contributed by atoms with Crippen LogP contribution in [0.5, 0.6) is 0 Å². The number of aromatic nitrogens is 1. The number of hydrogen-bond donors (Lipinski definition) is 2. The Morgan fingerprint density at radius 2 is 2.14 bits per heavy atom. The number of piperidine rings is 1. The molecule has 1 atom stereocenters. The van der Waals surface area contributed by atoms with Crippen LogP contribution in [0.15, 0.2) is 30.5 Å². The smallest absolute Gasteiger partial charge is 0.253 e. The molecule has 0 aliphatic carbocycles. The van der Waals surface area contributed by atoms with Crippen molar-refractivity contribution in [3.05, 3.63) is 36.0 Å². The van der Waals surface area contributed by atoms with Gasteiger partial charge in [0.2, 0.25) is 0 Å². The molecule has 1 amide bonds.